The molecule has 1 aromatic carbocycles. The van der Waals surface area contributed by atoms with Crippen molar-refractivity contribution in [2.45, 2.75) is 43.2 Å². The molecule has 3 aromatic rings. The van der Waals surface area contributed by atoms with Gasteiger partial charge in [0.2, 0.25) is 5.91 Å². The largest absolute Gasteiger partial charge is 0.396 e. The van der Waals surface area contributed by atoms with Crippen molar-refractivity contribution in [3.8, 4) is 0 Å². The van der Waals surface area contributed by atoms with Crippen molar-refractivity contribution in [3.05, 3.63) is 60.0 Å². The molecule has 3 saturated heterocycles. The van der Waals surface area contributed by atoms with Crippen LogP contribution in [0, 0.1) is 5.92 Å². The first-order valence-electron chi connectivity index (χ1n) is 11.6. The zero-order valence-corrected chi connectivity index (χ0v) is 19.0. The molecule has 5 heterocycles. The lowest BCUT2D eigenvalue weighted by Gasteiger charge is -2.50. The first kappa shape index (κ1) is 20.6. The Morgan fingerprint density at radius 3 is 2.85 bits per heavy atom. The van der Waals surface area contributed by atoms with Gasteiger partial charge in [0.15, 0.2) is 11.5 Å². The number of nitrogens with zero attached hydrogens (tertiary/aromatic N) is 4. The predicted molar refractivity (Wildman–Crippen MR) is 123 cm³/mol. The molecule has 1 saturated carbocycles. The Labute approximate surface area is 192 Å². The maximum Gasteiger partial charge on any atom is 0.217 e. The SMILES string of the molecule is CC(=O)N[C@]12CO[C@](c3nc4ccc(N5CC[C@](C)(c6ccccc6)C5)cn4n3)(C1)[C@H]2CO. The number of ether oxygens (including phenoxy) is 1. The Hall–Kier alpha value is -2.97. The van der Waals surface area contributed by atoms with E-state index in [0.29, 0.717) is 18.9 Å². The molecule has 33 heavy (non-hydrogen) atoms. The van der Waals surface area contributed by atoms with Crippen molar-refractivity contribution in [1.82, 2.24) is 19.9 Å². The van der Waals surface area contributed by atoms with E-state index in [9.17, 15) is 9.90 Å². The number of carbonyl (C=O) groups is 1. The minimum absolute atomic E-state index is 0.0903. The van der Waals surface area contributed by atoms with Gasteiger partial charge >= 0.3 is 0 Å². The summed E-state index contributed by atoms with van der Waals surface area (Å²) in [6, 6.07) is 14.8. The average molecular weight is 448 g/mol. The van der Waals surface area contributed by atoms with Crippen molar-refractivity contribution in [1.29, 1.82) is 0 Å². The number of aliphatic hydroxyl groups is 1. The molecule has 172 valence electrons. The summed E-state index contributed by atoms with van der Waals surface area (Å²) in [5.74, 6) is 0.205. The molecular formula is C25H29N5O3. The predicted octanol–water partition coefficient (Wildman–Crippen LogP) is 2.01. The van der Waals surface area contributed by atoms with Gasteiger partial charge in [-0.05, 0) is 24.1 Å². The van der Waals surface area contributed by atoms with E-state index in [2.05, 4.69) is 53.5 Å². The van der Waals surface area contributed by atoms with Crippen molar-refractivity contribution in [2.24, 2.45) is 5.92 Å². The Morgan fingerprint density at radius 2 is 2.09 bits per heavy atom. The zero-order valence-electron chi connectivity index (χ0n) is 19.0. The van der Waals surface area contributed by atoms with Crippen LogP contribution in [0.3, 0.4) is 0 Å². The molecule has 0 spiro atoms. The van der Waals surface area contributed by atoms with Gasteiger partial charge in [-0.2, -0.15) is 0 Å². The van der Waals surface area contributed by atoms with E-state index in [0.717, 1.165) is 30.8 Å². The van der Waals surface area contributed by atoms with Gasteiger partial charge in [-0.15, -0.1) is 5.10 Å². The molecule has 1 amide bonds. The van der Waals surface area contributed by atoms with E-state index in [1.165, 1.54) is 12.5 Å². The number of rotatable bonds is 5. The fourth-order valence-electron chi connectivity index (χ4n) is 6.23. The summed E-state index contributed by atoms with van der Waals surface area (Å²) in [4.78, 5) is 18.8. The summed E-state index contributed by atoms with van der Waals surface area (Å²) in [5.41, 5.74) is 2.08. The lowest BCUT2D eigenvalue weighted by molar-refractivity contribution is -0.128. The number of aliphatic hydroxyl groups excluding tert-OH is 1. The Kier molecular flexibility index (Phi) is 4.38. The van der Waals surface area contributed by atoms with E-state index in [-0.39, 0.29) is 23.8 Å². The van der Waals surface area contributed by atoms with Gasteiger partial charge in [0.1, 0.15) is 5.60 Å². The fraction of sp³-hybridized carbons (Fsp3) is 0.480. The summed E-state index contributed by atoms with van der Waals surface area (Å²) in [7, 11) is 0. The molecule has 2 bridgehead atoms. The smallest absolute Gasteiger partial charge is 0.217 e. The lowest BCUT2D eigenvalue weighted by atomic mass is 9.58. The van der Waals surface area contributed by atoms with Crippen LogP contribution in [-0.4, -0.2) is 57.5 Å². The number of anilines is 1. The van der Waals surface area contributed by atoms with Crippen LogP contribution >= 0.6 is 0 Å². The number of hydrogen-bond acceptors (Lipinski definition) is 6. The van der Waals surface area contributed by atoms with Crippen molar-refractivity contribution >= 4 is 17.2 Å². The second kappa shape index (κ2) is 7.01. The van der Waals surface area contributed by atoms with Crippen LogP contribution in [0.5, 0.6) is 0 Å². The van der Waals surface area contributed by atoms with Crippen molar-refractivity contribution in [2.75, 3.05) is 31.2 Å². The van der Waals surface area contributed by atoms with Gasteiger partial charge in [-0.3, -0.25) is 4.79 Å². The normalized spacial score (nSPS) is 32.8. The molecule has 7 rings (SSSR count). The number of amides is 1. The number of hydrogen-bond donors (Lipinski definition) is 2. The Balaban J connectivity index is 1.27. The summed E-state index contributed by atoms with van der Waals surface area (Å²) >= 11 is 0. The number of fused-ring (bicyclic) bond motifs is 2. The summed E-state index contributed by atoms with van der Waals surface area (Å²) in [6.07, 6.45) is 3.70. The highest BCUT2D eigenvalue weighted by Gasteiger charge is 2.73. The minimum Gasteiger partial charge on any atom is -0.396 e. The number of pyridine rings is 1. The molecule has 2 aromatic heterocycles. The number of aromatic nitrogens is 3. The zero-order chi connectivity index (χ0) is 22.8. The number of benzene rings is 1. The van der Waals surface area contributed by atoms with Crippen molar-refractivity contribution < 1.29 is 14.6 Å². The van der Waals surface area contributed by atoms with Crippen molar-refractivity contribution in [3.63, 3.8) is 0 Å². The quantitative estimate of drug-likeness (QED) is 0.622. The Morgan fingerprint density at radius 1 is 1.27 bits per heavy atom. The molecular weight excluding hydrogens is 418 g/mol. The topological polar surface area (TPSA) is 92.0 Å². The van der Waals surface area contributed by atoms with E-state index in [4.69, 9.17) is 14.8 Å². The summed E-state index contributed by atoms with van der Waals surface area (Å²) < 4.78 is 7.93. The number of carbonyl (C=O) groups excluding carboxylic acids is 1. The average Bonchev–Trinajstić information content (AvgIpc) is 3.55. The third-order valence-corrected chi connectivity index (χ3v) is 8.01. The van der Waals surface area contributed by atoms with E-state index < -0.39 is 11.1 Å². The highest BCUT2D eigenvalue weighted by atomic mass is 16.5. The standard InChI is InChI=1S/C25H29N5O3/c1-17(32)27-24-14-25(33-16-24,20(24)13-31)22-26-21-9-8-19(12-30(21)28-22)29-11-10-23(2,15-29)18-6-4-3-5-7-18/h3-9,12,20,31H,10-11,13-16H2,1-2H3,(H,27,32)/t20-,23-,24-,25+/m0/s1. The van der Waals surface area contributed by atoms with E-state index in [1.807, 2.05) is 16.8 Å². The first-order chi connectivity index (χ1) is 15.9. The van der Waals surface area contributed by atoms with Gasteiger partial charge in [-0.1, -0.05) is 37.3 Å². The molecule has 8 nitrogen and oxygen atoms in total. The fourth-order valence-corrected chi connectivity index (χ4v) is 6.23. The summed E-state index contributed by atoms with van der Waals surface area (Å²) in [5, 5.41) is 17.8. The second-order valence-corrected chi connectivity index (χ2v) is 10.2. The van der Waals surface area contributed by atoms with E-state index in [1.54, 1.807) is 0 Å². The van der Waals surface area contributed by atoms with Crippen LogP contribution in [0.4, 0.5) is 5.69 Å². The third kappa shape index (κ3) is 2.93. The van der Waals surface area contributed by atoms with Gasteiger partial charge in [0.05, 0.1) is 30.6 Å². The van der Waals surface area contributed by atoms with Crippen LogP contribution in [0.1, 0.15) is 38.1 Å². The van der Waals surface area contributed by atoms with Gasteiger partial charge in [0, 0.05) is 37.8 Å². The molecule has 3 aliphatic heterocycles. The summed E-state index contributed by atoms with van der Waals surface area (Å²) in [6.45, 7) is 6.03. The molecule has 4 aliphatic rings. The van der Waals surface area contributed by atoms with Crippen LogP contribution in [0.25, 0.3) is 5.65 Å². The molecule has 8 heteroatoms. The number of nitrogens with one attached hydrogen (secondary N) is 1. The molecule has 4 atom stereocenters. The van der Waals surface area contributed by atoms with E-state index >= 15 is 0 Å². The highest BCUT2D eigenvalue weighted by Crippen LogP contribution is 2.61. The molecule has 0 radical (unpaired) electrons. The first-order valence-corrected chi connectivity index (χ1v) is 11.6. The lowest BCUT2D eigenvalue weighted by Crippen LogP contribution is -2.67. The molecule has 4 fully saturated rings. The minimum atomic E-state index is -0.747. The molecule has 1 aliphatic carbocycles. The maximum atomic E-state index is 11.7. The third-order valence-electron chi connectivity index (χ3n) is 8.01. The Bertz CT molecular complexity index is 1230. The monoisotopic (exact) mass is 447 g/mol. The molecule has 2 N–H and O–H groups in total. The van der Waals surface area contributed by atoms with Crippen LogP contribution < -0.4 is 10.2 Å². The maximum absolute atomic E-state index is 11.7. The molecule has 0 unspecified atom stereocenters. The van der Waals surface area contributed by atoms with Crippen LogP contribution in [-0.2, 0) is 20.5 Å². The van der Waals surface area contributed by atoms with Gasteiger partial charge < -0.3 is 20.1 Å². The second-order valence-electron chi connectivity index (χ2n) is 10.2. The van der Waals surface area contributed by atoms with Gasteiger partial charge in [0.25, 0.3) is 0 Å². The van der Waals surface area contributed by atoms with Crippen LogP contribution in [0.2, 0.25) is 0 Å². The highest BCUT2D eigenvalue weighted by molar-refractivity contribution is 5.74. The van der Waals surface area contributed by atoms with Crippen LogP contribution in [0.15, 0.2) is 48.7 Å². The van der Waals surface area contributed by atoms with Gasteiger partial charge in [-0.25, -0.2) is 9.50 Å².